The molecule has 282 valence electrons. The van der Waals surface area contributed by atoms with Crippen LogP contribution in [0.1, 0.15) is 35.1 Å². The number of nitrogens with zero attached hydrogens (tertiary/aromatic N) is 2. The van der Waals surface area contributed by atoms with E-state index in [9.17, 15) is 49.5 Å². The van der Waals surface area contributed by atoms with Gasteiger partial charge < -0.3 is 40.7 Å². The van der Waals surface area contributed by atoms with Gasteiger partial charge in [-0.1, -0.05) is 67.6 Å². The minimum absolute atomic E-state index is 0.0558. The maximum absolute atomic E-state index is 14.4. The Labute approximate surface area is 308 Å². The van der Waals surface area contributed by atoms with Crippen LogP contribution in [-0.2, 0) is 37.1 Å². The van der Waals surface area contributed by atoms with Crippen LogP contribution in [0.4, 0.5) is 15.3 Å². The third kappa shape index (κ3) is 6.09. The van der Waals surface area contributed by atoms with E-state index in [4.69, 9.17) is 15.2 Å². The Morgan fingerprint density at radius 3 is 2.02 bits per heavy atom. The molecular formula is C38H38N4O12. The van der Waals surface area contributed by atoms with Gasteiger partial charge in [-0.25, -0.2) is 15.0 Å². The highest BCUT2D eigenvalue weighted by atomic mass is 16.6. The lowest BCUT2D eigenvalue weighted by Gasteiger charge is -2.53. The molecule has 0 unspecified atom stereocenters. The van der Waals surface area contributed by atoms with Crippen LogP contribution >= 0.6 is 0 Å². The Morgan fingerprint density at radius 2 is 1.46 bits per heavy atom. The zero-order valence-corrected chi connectivity index (χ0v) is 29.3. The van der Waals surface area contributed by atoms with E-state index in [1.807, 2.05) is 0 Å². The first-order valence-electron chi connectivity index (χ1n) is 16.8. The summed E-state index contributed by atoms with van der Waals surface area (Å²) < 4.78 is 10.9. The molecule has 0 spiro atoms. The number of anilines is 1. The Kier molecular flexibility index (Phi) is 9.94. The van der Waals surface area contributed by atoms with Crippen molar-refractivity contribution in [3.05, 3.63) is 112 Å². The van der Waals surface area contributed by atoms with Crippen molar-refractivity contribution in [2.75, 3.05) is 19.1 Å². The van der Waals surface area contributed by atoms with Crippen molar-refractivity contribution in [1.29, 1.82) is 0 Å². The van der Waals surface area contributed by atoms with Crippen LogP contribution in [0.2, 0.25) is 0 Å². The zero-order valence-electron chi connectivity index (χ0n) is 29.3. The standard InChI is InChI=1S/C38H38N4O12/c1-18-23-21(42(37(51)54-17-20-12-8-5-9-13-20)40-36(50)53-16-19-10-6-4-7-11-19)14-15-22(43)25(23)30(44)26-24(18)31(45)28-29(41(2)3)32(46)27(35(39)49)34(48)38(28,52)33(26)47/h4-15,18,24,28-29,31,43-45,48,52H,16-17H2,1-3H3,(H2,39,49)(H,40,50)/t18-,24+,28+,29-,31-,38-/m0/s1. The van der Waals surface area contributed by atoms with Crippen molar-refractivity contribution in [3.8, 4) is 5.75 Å². The van der Waals surface area contributed by atoms with Crippen molar-refractivity contribution in [2.24, 2.45) is 17.6 Å². The number of ketones is 2. The summed E-state index contributed by atoms with van der Waals surface area (Å²) >= 11 is 0. The number of amides is 3. The highest BCUT2D eigenvalue weighted by Crippen LogP contribution is 2.57. The van der Waals surface area contributed by atoms with E-state index in [1.165, 1.54) is 32.0 Å². The molecule has 3 aromatic rings. The number of phenols is 1. The van der Waals surface area contributed by atoms with E-state index >= 15 is 0 Å². The van der Waals surface area contributed by atoms with Gasteiger partial charge in [0, 0.05) is 11.5 Å². The summed E-state index contributed by atoms with van der Waals surface area (Å²) in [5.74, 6) is -11.2. The molecule has 0 aliphatic heterocycles. The zero-order chi connectivity index (χ0) is 39.2. The fourth-order valence-electron chi connectivity index (χ4n) is 7.70. The molecule has 0 radical (unpaired) electrons. The lowest BCUT2D eigenvalue weighted by molar-refractivity contribution is -0.169. The lowest BCUT2D eigenvalue weighted by atomic mass is 9.54. The number of rotatable bonds is 7. The molecule has 3 aliphatic carbocycles. The van der Waals surface area contributed by atoms with E-state index in [0.717, 1.165) is 6.07 Å². The monoisotopic (exact) mass is 742 g/mol. The van der Waals surface area contributed by atoms with Crippen molar-refractivity contribution < 1.29 is 59.0 Å². The molecule has 3 aliphatic rings. The predicted octanol–water partition coefficient (Wildman–Crippen LogP) is 2.48. The van der Waals surface area contributed by atoms with Gasteiger partial charge in [0.05, 0.1) is 29.3 Å². The second-order valence-corrected chi connectivity index (χ2v) is 13.5. The molecule has 6 rings (SSSR count). The molecule has 0 aromatic heterocycles. The number of Topliss-reactive ketones (excluding diaryl/α,β-unsaturated/α-hetero) is 2. The molecule has 16 nitrogen and oxygen atoms in total. The van der Waals surface area contributed by atoms with Crippen LogP contribution in [0.3, 0.4) is 0 Å². The van der Waals surface area contributed by atoms with Gasteiger partial charge in [0.15, 0.2) is 11.4 Å². The van der Waals surface area contributed by atoms with Crippen molar-refractivity contribution >= 4 is 41.1 Å². The number of hydrogen-bond acceptors (Lipinski definition) is 13. The van der Waals surface area contributed by atoms with Crippen molar-refractivity contribution in [3.63, 3.8) is 0 Å². The van der Waals surface area contributed by atoms with Crippen molar-refractivity contribution in [2.45, 2.75) is 43.8 Å². The number of nitrogens with two attached hydrogens (primary N) is 1. The quantitative estimate of drug-likeness (QED) is 0.136. The van der Waals surface area contributed by atoms with Gasteiger partial charge in [-0.2, -0.15) is 5.01 Å². The van der Waals surface area contributed by atoms with Gasteiger partial charge in [0.25, 0.3) is 5.91 Å². The number of aromatic hydroxyl groups is 1. The van der Waals surface area contributed by atoms with E-state index in [-0.39, 0.29) is 24.5 Å². The van der Waals surface area contributed by atoms with Gasteiger partial charge in [0.2, 0.25) is 5.78 Å². The first kappa shape index (κ1) is 37.5. The molecule has 3 aromatic carbocycles. The maximum Gasteiger partial charge on any atom is 0.433 e. The number of hydrogen-bond donors (Lipinski definition) is 7. The maximum atomic E-state index is 14.4. The number of hydrazine groups is 1. The second kappa shape index (κ2) is 14.3. The van der Waals surface area contributed by atoms with Crippen LogP contribution in [0, 0.1) is 11.8 Å². The van der Waals surface area contributed by atoms with Crippen LogP contribution in [0.15, 0.2) is 89.7 Å². The number of aliphatic hydroxyl groups excluding tert-OH is 3. The number of phenolic OH excluding ortho intramolecular Hbond substituents is 1. The van der Waals surface area contributed by atoms with Gasteiger partial charge >= 0.3 is 12.2 Å². The normalized spacial score (nSPS) is 24.7. The summed E-state index contributed by atoms with van der Waals surface area (Å²) in [5, 5.41) is 58.8. The molecule has 0 bridgehead atoms. The van der Waals surface area contributed by atoms with E-state index in [2.05, 4.69) is 5.43 Å². The van der Waals surface area contributed by atoms with E-state index in [0.29, 0.717) is 16.1 Å². The van der Waals surface area contributed by atoms with Gasteiger partial charge in [-0.3, -0.25) is 19.3 Å². The summed E-state index contributed by atoms with van der Waals surface area (Å²) in [5.41, 5.74) is 3.55. The molecule has 6 atom stereocenters. The molecule has 1 fully saturated rings. The smallest absolute Gasteiger partial charge is 0.433 e. The van der Waals surface area contributed by atoms with E-state index in [1.54, 1.807) is 60.7 Å². The van der Waals surface area contributed by atoms with Gasteiger partial charge in [0.1, 0.15) is 36.1 Å². The first-order chi connectivity index (χ1) is 25.6. The second-order valence-electron chi connectivity index (χ2n) is 13.5. The number of nitrogens with one attached hydrogen (secondary N) is 1. The molecular weight excluding hydrogens is 704 g/mol. The fraction of sp³-hybridized carbons (Fsp3) is 0.289. The first-order valence-corrected chi connectivity index (χ1v) is 16.8. The van der Waals surface area contributed by atoms with Crippen LogP contribution in [-0.4, -0.2) is 91.9 Å². The average Bonchev–Trinajstić information content (AvgIpc) is 3.14. The summed E-state index contributed by atoms with van der Waals surface area (Å²) in [4.78, 5) is 68.5. The molecule has 1 saturated carbocycles. The number of primary amides is 1. The van der Waals surface area contributed by atoms with Crippen LogP contribution < -0.4 is 16.2 Å². The molecule has 8 N–H and O–H groups in total. The van der Waals surface area contributed by atoms with Crippen LogP contribution in [0.5, 0.6) is 5.75 Å². The van der Waals surface area contributed by atoms with Gasteiger partial charge in [-0.15, -0.1) is 0 Å². The molecule has 0 saturated heterocycles. The molecule has 3 amide bonds. The summed E-state index contributed by atoms with van der Waals surface area (Å²) in [7, 11) is 2.78. The number of benzene rings is 3. The molecule has 0 heterocycles. The third-order valence-corrected chi connectivity index (χ3v) is 10.1. The number of fused-ring (bicyclic) bond motifs is 3. The number of carbonyl (C=O) groups excluding carboxylic acids is 5. The highest BCUT2D eigenvalue weighted by Gasteiger charge is 2.68. The third-order valence-electron chi connectivity index (χ3n) is 10.1. The Bertz CT molecular complexity index is 2100. The van der Waals surface area contributed by atoms with E-state index < -0.39 is 99.1 Å². The lowest BCUT2D eigenvalue weighted by Crippen LogP contribution is -2.70. The Hall–Kier alpha value is -6.23. The van der Waals surface area contributed by atoms with Crippen molar-refractivity contribution in [1.82, 2.24) is 10.3 Å². The molecule has 54 heavy (non-hydrogen) atoms. The summed E-state index contributed by atoms with van der Waals surface area (Å²) in [6, 6.07) is 18.1. The fourth-order valence-corrected chi connectivity index (χ4v) is 7.70. The SMILES string of the molecule is C[C@H]1c2c(N(NC(=O)OCc3ccccc3)C(=O)OCc3ccccc3)ccc(O)c2C(O)=C2C(=O)[C@]3(O)C(O)=C(C(N)=O)C(=O)[C@@H](N(C)C)[C@@H]3[C@@H](O)[C@@H]21. The average molecular weight is 743 g/mol. The predicted molar refractivity (Wildman–Crippen MR) is 189 cm³/mol. The highest BCUT2D eigenvalue weighted by molar-refractivity contribution is 6.24. The summed E-state index contributed by atoms with van der Waals surface area (Å²) in [6.45, 7) is 1.07. The number of aliphatic hydroxyl groups is 4. The van der Waals surface area contributed by atoms with Gasteiger partial charge in [-0.05, 0) is 48.8 Å². The topological polar surface area (TPSA) is 249 Å². The number of ether oxygens (including phenoxy) is 2. The number of carbonyl (C=O) groups is 5. The number of likely N-dealkylation sites (N-methyl/N-ethyl adjacent to an activating group) is 1. The summed E-state index contributed by atoms with van der Waals surface area (Å²) in [6.07, 6.45) is -4.13. The Morgan fingerprint density at radius 1 is 0.889 bits per heavy atom. The largest absolute Gasteiger partial charge is 0.508 e. The molecule has 16 heteroatoms. The minimum Gasteiger partial charge on any atom is -0.508 e. The minimum atomic E-state index is -3.12. The van der Waals surface area contributed by atoms with Crippen LogP contribution in [0.25, 0.3) is 5.76 Å². The Balaban J connectivity index is 1.48.